The third-order valence-corrected chi connectivity index (χ3v) is 5.32. The molecule has 2 aromatic carbocycles. The van der Waals surface area contributed by atoms with Gasteiger partial charge in [0.1, 0.15) is 5.75 Å². The van der Waals surface area contributed by atoms with Gasteiger partial charge in [-0.15, -0.1) is 0 Å². The van der Waals surface area contributed by atoms with E-state index < -0.39 is 0 Å². The van der Waals surface area contributed by atoms with E-state index in [1.165, 1.54) is 11.1 Å². The number of fused-ring (bicyclic) bond motifs is 1. The Morgan fingerprint density at radius 1 is 1.14 bits per heavy atom. The maximum atomic E-state index is 10.3. The average Bonchev–Trinajstić information content (AvgIpc) is 2.75. The minimum Gasteiger partial charge on any atom is -0.508 e. The number of benzene rings is 2. The molecule has 110 valence electrons. The highest BCUT2D eigenvalue weighted by Crippen LogP contribution is 2.47. The summed E-state index contributed by atoms with van der Waals surface area (Å²) < 4.78 is 2.06. The summed E-state index contributed by atoms with van der Waals surface area (Å²) in [5.74, 6) is 0.851. The van der Waals surface area contributed by atoms with E-state index in [-0.39, 0.29) is 6.04 Å². The van der Waals surface area contributed by atoms with Crippen LogP contribution in [0.1, 0.15) is 42.0 Å². The summed E-state index contributed by atoms with van der Waals surface area (Å²) in [7, 11) is 0. The van der Waals surface area contributed by atoms with E-state index in [2.05, 4.69) is 51.0 Å². The zero-order chi connectivity index (χ0) is 15.1. The van der Waals surface area contributed by atoms with Crippen molar-refractivity contribution in [2.75, 3.05) is 5.32 Å². The molecule has 4 heteroatoms. The van der Waals surface area contributed by atoms with Crippen molar-refractivity contribution in [2.45, 2.75) is 32.2 Å². The summed E-state index contributed by atoms with van der Waals surface area (Å²) in [5.41, 5.74) is 4.65. The SMILES string of the molecule is Cc1ccc(O)c2c1C(C)CC2Nc1ccc(Br)cc1Br. The molecule has 3 rings (SSSR count). The molecule has 0 aliphatic heterocycles. The van der Waals surface area contributed by atoms with Crippen LogP contribution in [0.4, 0.5) is 5.69 Å². The Morgan fingerprint density at radius 2 is 1.90 bits per heavy atom. The minimum atomic E-state index is 0.146. The van der Waals surface area contributed by atoms with E-state index in [9.17, 15) is 5.11 Å². The van der Waals surface area contributed by atoms with Gasteiger partial charge in [0.15, 0.2) is 0 Å². The van der Waals surface area contributed by atoms with Crippen LogP contribution in [0, 0.1) is 6.92 Å². The number of nitrogens with one attached hydrogen (secondary N) is 1. The molecule has 0 saturated heterocycles. The molecule has 21 heavy (non-hydrogen) atoms. The van der Waals surface area contributed by atoms with Crippen LogP contribution in [-0.4, -0.2) is 5.11 Å². The highest BCUT2D eigenvalue weighted by Gasteiger charge is 2.32. The molecule has 1 aliphatic rings. The molecule has 0 spiro atoms. The van der Waals surface area contributed by atoms with Crippen LogP contribution in [0.2, 0.25) is 0 Å². The van der Waals surface area contributed by atoms with Crippen molar-refractivity contribution in [1.82, 2.24) is 0 Å². The lowest BCUT2D eigenvalue weighted by Crippen LogP contribution is -2.08. The third-order valence-electron chi connectivity index (χ3n) is 4.17. The Bertz CT molecular complexity index is 699. The number of hydrogen-bond donors (Lipinski definition) is 2. The fraction of sp³-hybridized carbons (Fsp3) is 0.294. The van der Waals surface area contributed by atoms with Gasteiger partial charge in [-0.3, -0.25) is 0 Å². The van der Waals surface area contributed by atoms with Crippen molar-refractivity contribution in [3.05, 3.63) is 56.0 Å². The van der Waals surface area contributed by atoms with Gasteiger partial charge in [-0.25, -0.2) is 0 Å². The van der Waals surface area contributed by atoms with Gasteiger partial charge in [-0.05, 0) is 70.6 Å². The van der Waals surface area contributed by atoms with E-state index >= 15 is 0 Å². The summed E-state index contributed by atoms with van der Waals surface area (Å²) in [6, 6.07) is 10.0. The smallest absolute Gasteiger partial charge is 0.121 e. The summed E-state index contributed by atoms with van der Waals surface area (Å²) in [6.45, 7) is 4.34. The number of phenols is 1. The molecule has 0 heterocycles. The number of hydrogen-bond acceptors (Lipinski definition) is 2. The first-order valence-corrected chi connectivity index (χ1v) is 8.60. The van der Waals surface area contributed by atoms with E-state index in [0.29, 0.717) is 11.7 Å². The largest absolute Gasteiger partial charge is 0.508 e. The normalized spacial score (nSPS) is 20.4. The second-order valence-corrected chi connectivity index (χ2v) is 7.46. The van der Waals surface area contributed by atoms with Gasteiger partial charge in [0.2, 0.25) is 0 Å². The van der Waals surface area contributed by atoms with Gasteiger partial charge < -0.3 is 10.4 Å². The summed E-state index contributed by atoms with van der Waals surface area (Å²) >= 11 is 7.06. The van der Waals surface area contributed by atoms with E-state index in [1.54, 1.807) is 6.07 Å². The Morgan fingerprint density at radius 3 is 2.62 bits per heavy atom. The summed E-state index contributed by atoms with van der Waals surface area (Å²) in [4.78, 5) is 0. The maximum Gasteiger partial charge on any atom is 0.121 e. The first-order chi connectivity index (χ1) is 9.97. The van der Waals surface area contributed by atoms with Crippen LogP contribution in [0.25, 0.3) is 0 Å². The lowest BCUT2D eigenvalue weighted by atomic mass is 9.97. The van der Waals surface area contributed by atoms with Crippen LogP contribution in [-0.2, 0) is 0 Å². The van der Waals surface area contributed by atoms with Gasteiger partial charge in [0, 0.05) is 20.2 Å². The lowest BCUT2D eigenvalue weighted by molar-refractivity contribution is 0.465. The highest BCUT2D eigenvalue weighted by atomic mass is 79.9. The number of halogens is 2. The number of phenolic OH excluding ortho intramolecular Hbond substituents is 1. The Balaban J connectivity index is 1.98. The van der Waals surface area contributed by atoms with Gasteiger partial charge >= 0.3 is 0 Å². The second kappa shape index (κ2) is 5.65. The molecule has 2 nitrogen and oxygen atoms in total. The van der Waals surface area contributed by atoms with Gasteiger partial charge in [0.25, 0.3) is 0 Å². The topological polar surface area (TPSA) is 32.3 Å². The second-order valence-electron chi connectivity index (χ2n) is 5.69. The Kier molecular flexibility index (Phi) is 4.02. The van der Waals surface area contributed by atoms with Crippen molar-refractivity contribution in [2.24, 2.45) is 0 Å². The van der Waals surface area contributed by atoms with E-state index in [0.717, 1.165) is 26.6 Å². The average molecular weight is 411 g/mol. The molecule has 2 atom stereocenters. The van der Waals surface area contributed by atoms with Crippen molar-refractivity contribution < 1.29 is 5.11 Å². The molecule has 0 amide bonds. The third kappa shape index (κ3) is 2.71. The zero-order valence-corrected chi connectivity index (χ0v) is 15.1. The Hall–Kier alpha value is -1.000. The number of anilines is 1. The van der Waals surface area contributed by atoms with E-state index in [4.69, 9.17) is 0 Å². The molecule has 2 aromatic rings. The minimum absolute atomic E-state index is 0.146. The summed E-state index contributed by atoms with van der Waals surface area (Å²) in [5, 5.41) is 13.8. The molecule has 0 bridgehead atoms. The fourth-order valence-corrected chi connectivity index (χ4v) is 4.43. The lowest BCUT2D eigenvalue weighted by Gasteiger charge is -2.18. The van der Waals surface area contributed by atoms with Crippen molar-refractivity contribution in [3.63, 3.8) is 0 Å². The fourth-order valence-electron chi connectivity index (χ4n) is 3.27. The first-order valence-electron chi connectivity index (χ1n) is 7.01. The van der Waals surface area contributed by atoms with Crippen molar-refractivity contribution in [1.29, 1.82) is 0 Å². The highest BCUT2D eigenvalue weighted by molar-refractivity contribution is 9.11. The monoisotopic (exact) mass is 409 g/mol. The standard InChI is InChI=1S/C17H17Br2NO/c1-9-3-6-15(21)17-14(7-10(2)16(9)17)20-13-5-4-11(18)8-12(13)19/h3-6,8,10,14,20-21H,7H2,1-2H3. The Labute approximate surface area is 141 Å². The molecule has 0 aromatic heterocycles. The summed E-state index contributed by atoms with van der Waals surface area (Å²) in [6.07, 6.45) is 0.996. The predicted molar refractivity (Wildman–Crippen MR) is 94.1 cm³/mol. The number of aromatic hydroxyl groups is 1. The predicted octanol–water partition coefficient (Wildman–Crippen LogP) is 5.89. The van der Waals surface area contributed by atoms with Crippen LogP contribution >= 0.6 is 31.9 Å². The van der Waals surface area contributed by atoms with E-state index in [1.807, 2.05) is 24.3 Å². The molecule has 0 saturated carbocycles. The molecule has 1 aliphatic carbocycles. The molecule has 0 radical (unpaired) electrons. The first kappa shape index (κ1) is 14.9. The molecule has 0 fully saturated rings. The van der Waals surface area contributed by atoms with Crippen LogP contribution in [0.5, 0.6) is 5.75 Å². The quantitative estimate of drug-likeness (QED) is 0.647. The maximum absolute atomic E-state index is 10.3. The van der Waals surface area contributed by atoms with Crippen LogP contribution in [0.15, 0.2) is 39.3 Å². The van der Waals surface area contributed by atoms with Gasteiger partial charge in [-0.2, -0.15) is 0 Å². The van der Waals surface area contributed by atoms with Gasteiger partial charge in [0.05, 0.1) is 6.04 Å². The van der Waals surface area contributed by atoms with Crippen molar-refractivity contribution in [3.8, 4) is 5.75 Å². The van der Waals surface area contributed by atoms with Gasteiger partial charge in [-0.1, -0.05) is 28.9 Å². The number of aryl methyl sites for hydroxylation is 1. The molecular formula is C17H17Br2NO. The number of rotatable bonds is 2. The van der Waals surface area contributed by atoms with Crippen LogP contribution in [0.3, 0.4) is 0 Å². The zero-order valence-electron chi connectivity index (χ0n) is 12.0. The molecular weight excluding hydrogens is 394 g/mol. The molecule has 2 unspecified atom stereocenters. The van der Waals surface area contributed by atoms with Crippen molar-refractivity contribution >= 4 is 37.5 Å². The molecule has 2 N–H and O–H groups in total. The van der Waals surface area contributed by atoms with Crippen LogP contribution < -0.4 is 5.32 Å².